The van der Waals surface area contributed by atoms with Gasteiger partial charge in [-0.3, -0.25) is 0 Å². The molecule has 0 bridgehead atoms. The molecule has 106 valence electrons. The van der Waals surface area contributed by atoms with Gasteiger partial charge < -0.3 is 14.8 Å². The zero-order valence-corrected chi connectivity index (χ0v) is 13.0. The molecule has 0 aliphatic heterocycles. The summed E-state index contributed by atoms with van der Waals surface area (Å²) in [6.07, 6.45) is 4.68. The lowest BCUT2D eigenvalue weighted by Gasteiger charge is -2.33. The van der Waals surface area contributed by atoms with Crippen LogP contribution in [0.1, 0.15) is 25.3 Å². The van der Waals surface area contributed by atoms with Gasteiger partial charge in [0.1, 0.15) is 0 Å². The maximum absolute atomic E-state index is 5.38. The van der Waals surface area contributed by atoms with Crippen molar-refractivity contribution in [1.29, 1.82) is 0 Å². The van der Waals surface area contributed by atoms with Crippen LogP contribution in [-0.4, -0.2) is 26.5 Å². The molecule has 3 nitrogen and oxygen atoms in total. The molecule has 0 amide bonds. The molecule has 1 aliphatic carbocycles. The number of hydrogen-bond acceptors (Lipinski definition) is 4. The summed E-state index contributed by atoms with van der Waals surface area (Å²) in [5.41, 5.74) is 1.28. The normalized spacial score (nSPS) is 21.9. The molecular formula is C15H23NO2S. The Morgan fingerprint density at radius 2 is 1.84 bits per heavy atom. The Kier molecular flexibility index (Phi) is 4.99. The van der Waals surface area contributed by atoms with Gasteiger partial charge in [-0.15, -0.1) is 11.8 Å². The first-order valence-corrected chi connectivity index (χ1v) is 7.92. The van der Waals surface area contributed by atoms with Gasteiger partial charge in [0, 0.05) is 17.5 Å². The highest BCUT2D eigenvalue weighted by atomic mass is 32.2. The predicted molar refractivity (Wildman–Crippen MR) is 80.4 cm³/mol. The maximum Gasteiger partial charge on any atom is 0.161 e. The van der Waals surface area contributed by atoms with Gasteiger partial charge in [-0.25, -0.2) is 0 Å². The Balaban J connectivity index is 2.09. The van der Waals surface area contributed by atoms with Gasteiger partial charge in [-0.1, -0.05) is 6.92 Å². The Bertz CT molecular complexity index is 430. The summed E-state index contributed by atoms with van der Waals surface area (Å²) in [5, 5.41) is 3.62. The van der Waals surface area contributed by atoms with Crippen LogP contribution in [0.15, 0.2) is 17.0 Å². The highest BCUT2D eigenvalue weighted by Gasteiger charge is 2.24. The number of nitrogens with one attached hydrogen (secondary N) is 1. The third-order valence-electron chi connectivity index (χ3n) is 3.74. The van der Waals surface area contributed by atoms with E-state index >= 15 is 0 Å². The molecule has 4 heteroatoms. The first-order valence-electron chi connectivity index (χ1n) is 6.70. The predicted octanol–water partition coefficient (Wildman–Crippen LogP) is 3.31. The molecule has 0 radical (unpaired) electrons. The van der Waals surface area contributed by atoms with Crippen LogP contribution < -0.4 is 14.8 Å². The summed E-state index contributed by atoms with van der Waals surface area (Å²) in [6, 6.07) is 4.82. The number of benzene rings is 1. The van der Waals surface area contributed by atoms with Gasteiger partial charge in [-0.05, 0) is 42.7 Å². The molecule has 1 fully saturated rings. The van der Waals surface area contributed by atoms with Gasteiger partial charge in [-0.2, -0.15) is 0 Å². The van der Waals surface area contributed by atoms with Crippen molar-refractivity contribution in [2.75, 3.05) is 20.5 Å². The van der Waals surface area contributed by atoms with Crippen LogP contribution in [0.5, 0.6) is 11.5 Å². The number of thioether (sulfide) groups is 1. The molecule has 1 saturated carbocycles. The molecule has 19 heavy (non-hydrogen) atoms. The van der Waals surface area contributed by atoms with E-state index < -0.39 is 0 Å². The van der Waals surface area contributed by atoms with Crippen LogP contribution in [0.2, 0.25) is 0 Å². The molecular weight excluding hydrogens is 258 g/mol. The molecule has 0 saturated heterocycles. The molecule has 1 aromatic carbocycles. The molecule has 0 spiro atoms. The molecule has 1 N–H and O–H groups in total. The largest absolute Gasteiger partial charge is 0.493 e. The zero-order chi connectivity index (χ0) is 13.8. The Labute approximate surface area is 120 Å². The van der Waals surface area contributed by atoms with Crippen molar-refractivity contribution in [3.8, 4) is 11.5 Å². The third-order valence-corrected chi connectivity index (χ3v) is 4.56. The second kappa shape index (κ2) is 6.53. The van der Waals surface area contributed by atoms with E-state index in [9.17, 15) is 0 Å². The minimum atomic E-state index is 0.679. The zero-order valence-electron chi connectivity index (χ0n) is 12.2. The molecule has 1 aromatic rings. The summed E-state index contributed by atoms with van der Waals surface area (Å²) in [5.74, 6) is 2.48. The Morgan fingerprint density at radius 3 is 2.37 bits per heavy atom. The van der Waals surface area contributed by atoms with Crippen molar-refractivity contribution in [3.05, 3.63) is 17.7 Å². The first kappa shape index (κ1) is 14.5. The van der Waals surface area contributed by atoms with Gasteiger partial charge in [0.2, 0.25) is 0 Å². The lowest BCUT2D eigenvalue weighted by Crippen LogP contribution is -2.39. The summed E-state index contributed by atoms with van der Waals surface area (Å²) in [4.78, 5) is 1.25. The van der Waals surface area contributed by atoms with E-state index in [-0.39, 0.29) is 0 Å². The lowest BCUT2D eigenvalue weighted by atomic mass is 9.82. The quantitative estimate of drug-likeness (QED) is 0.810. The standard InChI is InChI=1S/C15H23NO2S/c1-10-5-12(6-10)16-9-11-7-13(17-2)14(18-3)8-15(11)19-4/h7-8,10,12,16H,5-6,9H2,1-4H3. The lowest BCUT2D eigenvalue weighted by molar-refractivity contribution is 0.240. The van der Waals surface area contributed by atoms with Crippen molar-refractivity contribution < 1.29 is 9.47 Å². The van der Waals surface area contributed by atoms with Gasteiger partial charge in [0.25, 0.3) is 0 Å². The molecule has 0 atom stereocenters. The SMILES string of the molecule is COc1cc(CNC2CC(C)C2)c(SC)cc1OC. The minimum Gasteiger partial charge on any atom is -0.493 e. The molecule has 1 aliphatic rings. The average molecular weight is 281 g/mol. The van der Waals surface area contributed by atoms with Crippen molar-refractivity contribution in [2.24, 2.45) is 5.92 Å². The minimum absolute atomic E-state index is 0.679. The van der Waals surface area contributed by atoms with Crippen molar-refractivity contribution in [2.45, 2.75) is 37.2 Å². The topological polar surface area (TPSA) is 30.5 Å². The Hall–Kier alpha value is -0.870. The summed E-state index contributed by atoms with van der Waals surface area (Å²) < 4.78 is 10.7. The summed E-state index contributed by atoms with van der Waals surface area (Å²) >= 11 is 1.75. The second-order valence-corrected chi connectivity index (χ2v) is 6.02. The van der Waals surface area contributed by atoms with E-state index in [2.05, 4.69) is 30.6 Å². The number of rotatable bonds is 6. The highest BCUT2D eigenvalue weighted by Crippen LogP contribution is 2.35. The fourth-order valence-electron chi connectivity index (χ4n) is 2.55. The fourth-order valence-corrected chi connectivity index (χ4v) is 3.17. The monoisotopic (exact) mass is 281 g/mol. The molecule has 0 heterocycles. The van der Waals surface area contributed by atoms with Crippen LogP contribution in [0.4, 0.5) is 0 Å². The molecule has 2 rings (SSSR count). The van der Waals surface area contributed by atoms with E-state index in [4.69, 9.17) is 9.47 Å². The Morgan fingerprint density at radius 1 is 1.21 bits per heavy atom. The summed E-state index contributed by atoms with van der Waals surface area (Å²) in [7, 11) is 3.36. The first-order chi connectivity index (χ1) is 9.17. The molecule has 0 unspecified atom stereocenters. The van der Waals surface area contributed by atoms with Crippen LogP contribution >= 0.6 is 11.8 Å². The van der Waals surface area contributed by atoms with Crippen molar-refractivity contribution in [3.63, 3.8) is 0 Å². The average Bonchev–Trinajstić information content (AvgIpc) is 2.41. The van der Waals surface area contributed by atoms with Crippen LogP contribution in [0.3, 0.4) is 0 Å². The highest BCUT2D eigenvalue weighted by molar-refractivity contribution is 7.98. The number of hydrogen-bond donors (Lipinski definition) is 1. The van der Waals surface area contributed by atoms with E-state index in [0.29, 0.717) is 6.04 Å². The van der Waals surface area contributed by atoms with Crippen molar-refractivity contribution >= 4 is 11.8 Å². The smallest absolute Gasteiger partial charge is 0.161 e. The fraction of sp³-hybridized carbons (Fsp3) is 0.600. The van der Waals surface area contributed by atoms with Gasteiger partial charge in [0.05, 0.1) is 14.2 Å². The van der Waals surface area contributed by atoms with E-state index in [1.807, 2.05) is 0 Å². The van der Waals surface area contributed by atoms with Crippen molar-refractivity contribution in [1.82, 2.24) is 5.32 Å². The van der Waals surface area contributed by atoms with E-state index in [0.717, 1.165) is 24.0 Å². The van der Waals surface area contributed by atoms with E-state index in [1.165, 1.54) is 23.3 Å². The maximum atomic E-state index is 5.38. The van der Waals surface area contributed by atoms with E-state index in [1.54, 1.807) is 26.0 Å². The van der Waals surface area contributed by atoms with Crippen LogP contribution in [0, 0.1) is 5.92 Å². The van der Waals surface area contributed by atoms with Gasteiger partial charge in [0.15, 0.2) is 11.5 Å². The summed E-state index contributed by atoms with van der Waals surface area (Å²) in [6.45, 7) is 3.20. The van der Waals surface area contributed by atoms with Crippen LogP contribution in [-0.2, 0) is 6.54 Å². The second-order valence-electron chi connectivity index (χ2n) is 5.17. The number of methoxy groups -OCH3 is 2. The van der Waals surface area contributed by atoms with Crippen LogP contribution in [0.25, 0.3) is 0 Å². The molecule has 0 aromatic heterocycles. The van der Waals surface area contributed by atoms with Gasteiger partial charge >= 0.3 is 0 Å². The third kappa shape index (κ3) is 3.37. The number of ether oxygens (including phenoxy) is 2.